The molecule has 7 heteroatoms. The van der Waals surface area contributed by atoms with Crippen LogP contribution in [0.15, 0.2) is 22.7 Å². The minimum absolute atomic E-state index is 0. The van der Waals surface area contributed by atoms with Gasteiger partial charge < -0.3 is 16.4 Å². The van der Waals surface area contributed by atoms with Crippen LogP contribution in [0, 0.1) is 0 Å². The van der Waals surface area contributed by atoms with Gasteiger partial charge in [0.05, 0.1) is 12.1 Å². The third-order valence-electron chi connectivity index (χ3n) is 2.61. The summed E-state index contributed by atoms with van der Waals surface area (Å²) < 4.78 is 0.808. The first kappa shape index (κ1) is 15.8. The Hall–Kier alpha value is -1.27. The monoisotopic (exact) mass is 347 g/mol. The number of nitrogen functional groups attached to an aromatic ring is 1. The van der Waals surface area contributed by atoms with Crippen LogP contribution < -0.4 is 16.4 Å². The summed E-state index contributed by atoms with van der Waals surface area (Å²) in [6.45, 7) is -0.0230. The van der Waals surface area contributed by atoms with Gasteiger partial charge in [0, 0.05) is 16.2 Å². The molecule has 2 amide bonds. The Kier molecular flexibility index (Phi) is 5.62. The summed E-state index contributed by atoms with van der Waals surface area (Å²) in [7, 11) is 0. The molecule has 1 aromatic carbocycles. The van der Waals surface area contributed by atoms with Gasteiger partial charge in [-0.3, -0.25) is 9.59 Å². The van der Waals surface area contributed by atoms with Crippen LogP contribution in [0.25, 0.3) is 0 Å². The Morgan fingerprint density at radius 1 is 1.37 bits per heavy atom. The number of carbonyl (C=O) groups excluding carboxylic acids is 2. The SMILES string of the molecule is Cl.Nc1cc(Br)ccc1C(=O)NCC(=O)NC1CC1. The maximum atomic E-state index is 11.8. The number of hydrogen-bond donors (Lipinski definition) is 3. The van der Waals surface area contributed by atoms with Crippen LogP contribution in [0.2, 0.25) is 0 Å². The standard InChI is InChI=1S/C12H14BrN3O2.ClH/c13-7-1-4-9(10(14)5-7)12(18)15-6-11(17)16-8-2-3-8;/h1,4-5,8H,2-3,6,14H2,(H,15,18)(H,16,17);1H. The van der Waals surface area contributed by atoms with Crippen LogP contribution in [0.3, 0.4) is 0 Å². The largest absolute Gasteiger partial charge is 0.398 e. The second kappa shape index (κ2) is 6.77. The van der Waals surface area contributed by atoms with Crippen molar-refractivity contribution < 1.29 is 9.59 Å². The number of rotatable bonds is 4. The van der Waals surface area contributed by atoms with E-state index in [9.17, 15) is 9.59 Å². The van der Waals surface area contributed by atoms with Gasteiger partial charge in [-0.15, -0.1) is 12.4 Å². The fourth-order valence-electron chi connectivity index (χ4n) is 1.50. The van der Waals surface area contributed by atoms with E-state index in [-0.39, 0.29) is 30.8 Å². The second-order valence-corrected chi connectivity index (χ2v) is 5.17. The second-order valence-electron chi connectivity index (χ2n) is 4.26. The summed E-state index contributed by atoms with van der Waals surface area (Å²) in [5.74, 6) is -0.507. The van der Waals surface area contributed by atoms with Crippen molar-refractivity contribution in [2.75, 3.05) is 12.3 Å². The summed E-state index contributed by atoms with van der Waals surface area (Å²) >= 11 is 3.27. The summed E-state index contributed by atoms with van der Waals surface area (Å²) in [6.07, 6.45) is 2.05. The first-order valence-corrected chi connectivity index (χ1v) is 6.48. The van der Waals surface area contributed by atoms with Gasteiger partial charge in [0.2, 0.25) is 5.91 Å². The quantitative estimate of drug-likeness (QED) is 0.720. The summed E-state index contributed by atoms with van der Waals surface area (Å²) in [5.41, 5.74) is 6.48. The molecule has 0 aromatic heterocycles. The number of benzene rings is 1. The molecule has 1 aromatic rings. The maximum absolute atomic E-state index is 11.8. The van der Waals surface area contributed by atoms with Gasteiger partial charge in [-0.05, 0) is 31.0 Å². The molecule has 0 spiro atoms. The molecule has 0 heterocycles. The molecule has 0 radical (unpaired) electrons. The molecule has 0 bridgehead atoms. The van der Waals surface area contributed by atoms with Crippen LogP contribution in [0.4, 0.5) is 5.69 Å². The van der Waals surface area contributed by atoms with E-state index in [1.54, 1.807) is 18.2 Å². The molecule has 0 saturated heterocycles. The van der Waals surface area contributed by atoms with Gasteiger partial charge in [-0.2, -0.15) is 0 Å². The average molecular weight is 349 g/mol. The molecule has 0 atom stereocenters. The van der Waals surface area contributed by atoms with E-state index in [0.29, 0.717) is 17.3 Å². The number of anilines is 1. The number of halogens is 2. The molecule has 1 aliphatic carbocycles. The molecular formula is C12H15BrClN3O2. The first-order valence-electron chi connectivity index (χ1n) is 5.69. The van der Waals surface area contributed by atoms with Crippen molar-refractivity contribution in [2.24, 2.45) is 0 Å². The summed E-state index contributed by atoms with van der Waals surface area (Å²) in [4.78, 5) is 23.2. The summed E-state index contributed by atoms with van der Waals surface area (Å²) in [5, 5.41) is 5.34. The predicted molar refractivity (Wildman–Crippen MR) is 79.3 cm³/mol. The Bertz CT molecular complexity index is 492. The highest BCUT2D eigenvalue weighted by Gasteiger charge is 2.23. The molecule has 19 heavy (non-hydrogen) atoms. The van der Waals surface area contributed by atoms with E-state index >= 15 is 0 Å². The zero-order valence-corrected chi connectivity index (χ0v) is 12.5. The minimum atomic E-state index is -0.342. The molecular weight excluding hydrogens is 334 g/mol. The van der Waals surface area contributed by atoms with Crippen molar-refractivity contribution in [1.29, 1.82) is 0 Å². The fraction of sp³-hybridized carbons (Fsp3) is 0.333. The Morgan fingerprint density at radius 3 is 2.63 bits per heavy atom. The third-order valence-corrected chi connectivity index (χ3v) is 3.10. The van der Waals surface area contributed by atoms with E-state index < -0.39 is 0 Å². The van der Waals surface area contributed by atoms with Crippen molar-refractivity contribution in [3.8, 4) is 0 Å². The van der Waals surface area contributed by atoms with Crippen molar-refractivity contribution >= 4 is 45.8 Å². The fourth-order valence-corrected chi connectivity index (χ4v) is 1.88. The topological polar surface area (TPSA) is 84.2 Å². The van der Waals surface area contributed by atoms with Gasteiger partial charge in [-0.1, -0.05) is 15.9 Å². The summed E-state index contributed by atoms with van der Waals surface area (Å²) in [6, 6.07) is 5.30. The average Bonchev–Trinajstić information content (AvgIpc) is 3.10. The van der Waals surface area contributed by atoms with E-state index in [4.69, 9.17) is 5.73 Å². The number of carbonyl (C=O) groups is 2. The van der Waals surface area contributed by atoms with E-state index in [1.165, 1.54) is 0 Å². The van der Waals surface area contributed by atoms with Crippen LogP contribution in [0.1, 0.15) is 23.2 Å². The van der Waals surface area contributed by atoms with Crippen LogP contribution in [0.5, 0.6) is 0 Å². The van der Waals surface area contributed by atoms with Crippen molar-refractivity contribution in [3.05, 3.63) is 28.2 Å². The van der Waals surface area contributed by atoms with Gasteiger partial charge in [0.1, 0.15) is 0 Å². The highest BCUT2D eigenvalue weighted by molar-refractivity contribution is 9.10. The first-order chi connectivity index (χ1) is 8.56. The molecule has 4 N–H and O–H groups in total. The number of nitrogens with two attached hydrogens (primary N) is 1. The van der Waals surface area contributed by atoms with Crippen molar-refractivity contribution in [2.45, 2.75) is 18.9 Å². The Morgan fingerprint density at radius 2 is 2.05 bits per heavy atom. The lowest BCUT2D eigenvalue weighted by atomic mass is 10.1. The molecule has 5 nitrogen and oxygen atoms in total. The molecule has 1 saturated carbocycles. The van der Waals surface area contributed by atoms with E-state index in [2.05, 4.69) is 26.6 Å². The van der Waals surface area contributed by atoms with E-state index in [0.717, 1.165) is 17.3 Å². The molecule has 1 aliphatic rings. The zero-order chi connectivity index (χ0) is 13.1. The van der Waals surface area contributed by atoms with Gasteiger partial charge in [0.15, 0.2) is 0 Å². The number of hydrogen-bond acceptors (Lipinski definition) is 3. The molecule has 0 aliphatic heterocycles. The molecule has 1 fully saturated rings. The van der Waals surface area contributed by atoms with Gasteiger partial charge >= 0.3 is 0 Å². The Labute approximate surface area is 125 Å². The molecule has 0 unspecified atom stereocenters. The van der Waals surface area contributed by atoms with Crippen molar-refractivity contribution in [3.63, 3.8) is 0 Å². The highest BCUT2D eigenvalue weighted by Crippen LogP contribution is 2.19. The maximum Gasteiger partial charge on any atom is 0.253 e. The third kappa shape index (κ3) is 4.72. The van der Waals surface area contributed by atoms with Gasteiger partial charge in [-0.25, -0.2) is 0 Å². The number of amides is 2. The minimum Gasteiger partial charge on any atom is -0.398 e. The number of nitrogens with one attached hydrogen (secondary N) is 2. The zero-order valence-electron chi connectivity index (χ0n) is 10.1. The lowest BCUT2D eigenvalue weighted by molar-refractivity contribution is -0.120. The molecule has 2 rings (SSSR count). The predicted octanol–water partition coefficient (Wildman–Crippen LogP) is 1.46. The molecule has 104 valence electrons. The lowest BCUT2D eigenvalue weighted by Gasteiger charge is -2.08. The highest BCUT2D eigenvalue weighted by atomic mass is 79.9. The van der Waals surface area contributed by atoms with Crippen LogP contribution >= 0.6 is 28.3 Å². The van der Waals surface area contributed by atoms with Crippen molar-refractivity contribution in [1.82, 2.24) is 10.6 Å². The van der Waals surface area contributed by atoms with Crippen LogP contribution in [-0.2, 0) is 4.79 Å². The van der Waals surface area contributed by atoms with E-state index in [1.807, 2.05) is 0 Å². The lowest BCUT2D eigenvalue weighted by Crippen LogP contribution is -2.38. The Balaban J connectivity index is 0.00000180. The normalized spacial score (nSPS) is 13.3. The van der Waals surface area contributed by atoms with Crippen LogP contribution in [-0.4, -0.2) is 24.4 Å². The smallest absolute Gasteiger partial charge is 0.253 e. The van der Waals surface area contributed by atoms with Gasteiger partial charge in [0.25, 0.3) is 5.91 Å².